The SMILES string of the molecule is O=C(O)CC[C@@H](NC(=O)c1ccc(Cl)c(Cl)c1)C(=O)N1CCC2(CCCC2)CC1. The number of rotatable bonds is 6. The molecule has 1 heterocycles. The van der Waals surface area contributed by atoms with E-state index in [4.69, 9.17) is 28.3 Å². The first-order valence-corrected chi connectivity index (χ1v) is 10.8. The van der Waals surface area contributed by atoms with E-state index in [9.17, 15) is 14.4 Å². The molecule has 0 bridgehead atoms. The molecule has 1 aliphatic heterocycles. The molecule has 8 heteroatoms. The van der Waals surface area contributed by atoms with E-state index in [2.05, 4.69) is 5.32 Å². The Morgan fingerprint density at radius 3 is 2.31 bits per heavy atom. The number of benzene rings is 1. The van der Waals surface area contributed by atoms with Gasteiger partial charge in [0.15, 0.2) is 0 Å². The third kappa shape index (κ3) is 5.43. The molecule has 0 radical (unpaired) electrons. The maximum atomic E-state index is 13.1. The molecule has 158 valence electrons. The van der Waals surface area contributed by atoms with Crippen LogP contribution in [0.3, 0.4) is 0 Å². The summed E-state index contributed by atoms with van der Waals surface area (Å²) in [5.41, 5.74) is 0.646. The van der Waals surface area contributed by atoms with Gasteiger partial charge in [-0.2, -0.15) is 0 Å². The smallest absolute Gasteiger partial charge is 0.303 e. The normalized spacial score (nSPS) is 19.2. The second-order valence-corrected chi connectivity index (χ2v) is 8.93. The first-order chi connectivity index (χ1) is 13.8. The molecule has 2 aliphatic rings. The Morgan fingerprint density at radius 1 is 1.07 bits per heavy atom. The number of amides is 2. The number of likely N-dealkylation sites (tertiary alicyclic amines) is 1. The van der Waals surface area contributed by atoms with E-state index < -0.39 is 17.9 Å². The number of hydrogen-bond donors (Lipinski definition) is 2. The van der Waals surface area contributed by atoms with Crippen molar-refractivity contribution < 1.29 is 19.5 Å². The first-order valence-electron chi connectivity index (χ1n) is 10.1. The molecule has 2 amide bonds. The van der Waals surface area contributed by atoms with Crippen LogP contribution in [-0.2, 0) is 9.59 Å². The highest BCUT2D eigenvalue weighted by atomic mass is 35.5. The highest BCUT2D eigenvalue weighted by Crippen LogP contribution is 2.46. The van der Waals surface area contributed by atoms with Crippen molar-refractivity contribution in [3.63, 3.8) is 0 Å². The molecule has 1 spiro atoms. The summed E-state index contributed by atoms with van der Waals surface area (Å²) in [6.07, 6.45) is 6.77. The number of carboxylic acids is 1. The molecule has 2 N–H and O–H groups in total. The van der Waals surface area contributed by atoms with Crippen molar-refractivity contribution in [3.05, 3.63) is 33.8 Å². The van der Waals surface area contributed by atoms with Crippen LogP contribution in [0.5, 0.6) is 0 Å². The first kappa shape index (κ1) is 21.9. The van der Waals surface area contributed by atoms with Crippen molar-refractivity contribution in [1.82, 2.24) is 10.2 Å². The van der Waals surface area contributed by atoms with Crippen molar-refractivity contribution in [2.24, 2.45) is 5.41 Å². The number of carbonyl (C=O) groups excluding carboxylic acids is 2. The van der Waals surface area contributed by atoms with Crippen LogP contribution in [0, 0.1) is 5.41 Å². The number of carbonyl (C=O) groups is 3. The third-order valence-corrected chi connectivity index (χ3v) is 6.97. The van der Waals surface area contributed by atoms with Crippen LogP contribution >= 0.6 is 23.2 Å². The van der Waals surface area contributed by atoms with E-state index >= 15 is 0 Å². The Balaban J connectivity index is 1.67. The lowest BCUT2D eigenvalue weighted by atomic mass is 9.77. The van der Waals surface area contributed by atoms with Crippen LogP contribution in [0.25, 0.3) is 0 Å². The lowest BCUT2D eigenvalue weighted by Gasteiger charge is -2.40. The van der Waals surface area contributed by atoms with E-state index in [0.717, 1.165) is 12.8 Å². The van der Waals surface area contributed by atoms with E-state index in [1.54, 1.807) is 4.90 Å². The van der Waals surface area contributed by atoms with Gasteiger partial charge in [0, 0.05) is 25.1 Å². The van der Waals surface area contributed by atoms with Crippen molar-refractivity contribution in [2.45, 2.75) is 57.4 Å². The van der Waals surface area contributed by atoms with Crippen molar-refractivity contribution in [2.75, 3.05) is 13.1 Å². The van der Waals surface area contributed by atoms with Crippen LogP contribution in [-0.4, -0.2) is 46.9 Å². The van der Waals surface area contributed by atoms with Gasteiger partial charge in [-0.3, -0.25) is 14.4 Å². The second kappa shape index (κ2) is 9.35. The topological polar surface area (TPSA) is 86.7 Å². The Hall–Kier alpha value is -1.79. The van der Waals surface area contributed by atoms with E-state index in [1.807, 2.05) is 0 Å². The molecule has 6 nitrogen and oxygen atoms in total. The average Bonchev–Trinajstić information content (AvgIpc) is 3.15. The molecule has 29 heavy (non-hydrogen) atoms. The van der Waals surface area contributed by atoms with E-state index in [-0.39, 0.29) is 29.3 Å². The van der Waals surface area contributed by atoms with Gasteiger partial charge >= 0.3 is 5.97 Å². The monoisotopic (exact) mass is 440 g/mol. The van der Waals surface area contributed by atoms with Gasteiger partial charge in [0.05, 0.1) is 10.0 Å². The maximum absolute atomic E-state index is 13.1. The Morgan fingerprint density at radius 2 is 1.72 bits per heavy atom. The predicted molar refractivity (Wildman–Crippen MR) is 111 cm³/mol. The fourth-order valence-corrected chi connectivity index (χ4v) is 4.75. The lowest BCUT2D eigenvalue weighted by molar-refractivity contribution is -0.138. The number of nitrogens with zero attached hydrogens (tertiary/aromatic N) is 1. The van der Waals surface area contributed by atoms with Crippen LogP contribution < -0.4 is 5.32 Å². The summed E-state index contributed by atoms with van der Waals surface area (Å²) in [7, 11) is 0. The highest BCUT2D eigenvalue weighted by Gasteiger charge is 2.39. The number of hydrogen-bond acceptors (Lipinski definition) is 3. The summed E-state index contributed by atoms with van der Waals surface area (Å²) in [5.74, 6) is -1.70. The number of nitrogens with one attached hydrogen (secondary N) is 1. The summed E-state index contributed by atoms with van der Waals surface area (Å²) in [6.45, 7) is 1.32. The zero-order valence-electron chi connectivity index (χ0n) is 16.3. The standard InChI is InChI=1S/C21H26Cl2N2O4/c22-15-4-3-14(13-16(15)23)19(28)24-17(5-6-18(26)27)20(29)25-11-9-21(10-12-25)7-1-2-8-21/h3-4,13,17H,1-2,5-12H2,(H,24,28)(H,26,27)/t17-/m1/s1. The van der Waals surface area contributed by atoms with Crippen LogP contribution in [0.4, 0.5) is 0 Å². The number of halogens is 2. The molecule has 1 saturated heterocycles. The van der Waals surface area contributed by atoms with Gasteiger partial charge in [-0.15, -0.1) is 0 Å². The minimum atomic E-state index is -1.00. The fraction of sp³-hybridized carbons (Fsp3) is 0.571. The lowest BCUT2D eigenvalue weighted by Crippen LogP contribution is -2.52. The van der Waals surface area contributed by atoms with Crippen molar-refractivity contribution >= 4 is 41.0 Å². The Labute approximate surface area is 180 Å². The van der Waals surface area contributed by atoms with Gasteiger partial charge in [0.25, 0.3) is 5.91 Å². The van der Waals surface area contributed by atoms with Crippen molar-refractivity contribution in [3.8, 4) is 0 Å². The summed E-state index contributed by atoms with van der Waals surface area (Å²) in [6, 6.07) is 3.58. The molecular weight excluding hydrogens is 415 g/mol. The minimum Gasteiger partial charge on any atom is -0.481 e. The van der Waals surface area contributed by atoms with Gasteiger partial charge in [-0.25, -0.2) is 0 Å². The van der Waals surface area contributed by atoms with Crippen LogP contribution in [0.2, 0.25) is 10.0 Å². The molecule has 0 unspecified atom stereocenters. The fourth-order valence-electron chi connectivity index (χ4n) is 4.45. The van der Waals surface area contributed by atoms with Gasteiger partial charge in [-0.05, 0) is 55.7 Å². The number of piperidine rings is 1. The van der Waals surface area contributed by atoms with Crippen LogP contribution in [0.15, 0.2) is 18.2 Å². The predicted octanol–water partition coefficient (Wildman–Crippen LogP) is 4.14. The number of carboxylic acid groups (broad SMARTS) is 1. The zero-order valence-corrected chi connectivity index (χ0v) is 17.8. The highest BCUT2D eigenvalue weighted by molar-refractivity contribution is 6.42. The molecule has 1 aromatic rings. The summed E-state index contributed by atoms with van der Waals surface area (Å²) in [4.78, 5) is 38.5. The summed E-state index contributed by atoms with van der Waals surface area (Å²) < 4.78 is 0. The van der Waals surface area contributed by atoms with Gasteiger partial charge in [0.1, 0.15) is 6.04 Å². The maximum Gasteiger partial charge on any atom is 0.303 e. The molecule has 0 aromatic heterocycles. The molecule has 1 aliphatic carbocycles. The minimum absolute atomic E-state index is 0.0445. The molecule has 1 atom stereocenters. The number of aliphatic carboxylic acids is 1. The molecule has 1 saturated carbocycles. The molecular formula is C21H26Cl2N2O4. The largest absolute Gasteiger partial charge is 0.481 e. The van der Waals surface area contributed by atoms with Gasteiger partial charge in [0.2, 0.25) is 5.91 Å². The van der Waals surface area contributed by atoms with E-state index in [0.29, 0.717) is 23.5 Å². The average molecular weight is 441 g/mol. The second-order valence-electron chi connectivity index (χ2n) is 8.12. The van der Waals surface area contributed by atoms with E-state index in [1.165, 1.54) is 43.9 Å². The van der Waals surface area contributed by atoms with Crippen molar-refractivity contribution in [1.29, 1.82) is 0 Å². The molecule has 2 fully saturated rings. The summed E-state index contributed by atoms with van der Waals surface area (Å²) >= 11 is 11.9. The van der Waals surface area contributed by atoms with Gasteiger partial charge < -0.3 is 15.3 Å². The third-order valence-electron chi connectivity index (χ3n) is 6.23. The Bertz CT molecular complexity index is 783. The quantitative estimate of drug-likeness (QED) is 0.695. The molecule has 1 aromatic carbocycles. The van der Waals surface area contributed by atoms with Gasteiger partial charge in [-0.1, -0.05) is 36.0 Å². The molecule has 3 rings (SSSR count). The Kier molecular flexibility index (Phi) is 7.06. The summed E-state index contributed by atoms with van der Waals surface area (Å²) in [5, 5.41) is 12.3. The van der Waals surface area contributed by atoms with Crippen LogP contribution in [0.1, 0.15) is 61.7 Å². The zero-order chi connectivity index (χ0) is 21.0.